The van der Waals surface area contributed by atoms with E-state index in [0.29, 0.717) is 30.0 Å². The van der Waals surface area contributed by atoms with Crippen molar-refractivity contribution in [2.75, 3.05) is 0 Å². The van der Waals surface area contributed by atoms with E-state index in [1.807, 2.05) is 54.2 Å². The molecule has 28 heavy (non-hydrogen) atoms. The van der Waals surface area contributed by atoms with Gasteiger partial charge in [0.2, 0.25) is 0 Å². The highest BCUT2D eigenvalue weighted by Crippen LogP contribution is 2.22. The maximum atomic E-state index is 13.8. The molecule has 4 nitrogen and oxygen atoms in total. The van der Waals surface area contributed by atoms with E-state index in [2.05, 4.69) is 0 Å². The van der Waals surface area contributed by atoms with Crippen LogP contribution in [0.15, 0.2) is 82.3 Å². The zero-order chi connectivity index (χ0) is 19.5. The molecule has 0 bridgehead atoms. The lowest BCUT2D eigenvalue weighted by Crippen LogP contribution is -2.33. The first-order valence-corrected chi connectivity index (χ1v) is 8.97. The number of nitrogens with zero attached hydrogens (tertiary/aromatic N) is 1. The predicted molar refractivity (Wildman–Crippen MR) is 104 cm³/mol. The van der Waals surface area contributed by atoms with Crippen LogP contribution >= 0.6 is 0 Å². The third kappa shape index (κ3) is 3.93. The highest BCUT2D eigenvalue weighted by atomic mass is 19.1. The average molecular weight is 376 g/mol. The van der Waals surface area contributed by atoms with Gasteiger partial charge in [0.25, 0.3) is 0 Å². The maximum Gasteiger partial charge on any atom is 0.336 e. The third-order valence-electron chi connectivity index (χ3n) is 4.60. The van der Waals surface area contributed by atoms with E-state index in [1.54, 1.807) is 18.2 Å². The van der Waals surface area contributed by atoms with Crippen LogP contribution in [0.4, 0.5) is 4.39 Å². The first-order valence-electron chi connectivity index (χ1n) is 8.97. The highest BCUT2D eigenvalue weighted by Gasteiger charge is 2.08. The summed E-state index contributed by atoms with van der Waals surface area (Å²) in [6.45, 7) is 2.72. The molecule has 0 unspecified atom stereocenters. The highest BCUT2D eigenvalue weighted by molar-refractivity contribution is 5.81. The smallest absolute Gasteiger partial charge is 0.336 e. The molecule has 0 saturated carbocycles. The van der Waals surface area contributed by atoms with Gasteiger partial charge in [-0.05, 0) is 36.8 Å². The predicted octanol–water partition coefficient (Wildman–Crippen LogP) is 4.16. The van der Waals surface area contributed by atoms with Crippen molar-refractivity contribution in [3.05, 3.63) is 106 Å². The zero-order valence-electron chi connectivity index (χ0n) is 15.4. The normalized spacial score (nSPS) is 10.9. The zero-order valence-corrected chi connectivity index (χ0v) is 15.4. The van der Waals surface area contributed by atoms with Crippen molar-refractivity contribution in [3.8, 4) is 5.75 Å². The minimum absolute atomic E-state index is 0.208. The molecule has 0 saturated heterocycles. The molecule has 0 aliphatic heterocycles. The van der Waals surface area contributed by atoms with Crippen molar-refractivity contribution in [1.29, 1.82) is 0 Å². The SMILES string of the molecule is Cc1cc(=O)oc2cc(OCc3cc[n+](Cc4ccccc4F)cc3)ccc12. The second kappa shape index (κ2) is 7.64. The van der Waals surface area contributed by atoms with Crippen LogP contribution in [-0.2, 0) is 13.2 Å². The molecule has 5 heteroatoms. The number of ether oxygens (including phenoxy) is 1. The van der Waals surface area contributed by atoms with Gasteiger partial charge in [0.05, 0.1) is 5.56 Å². The van der Waals surface area contributed by atoms with E-state index in [0.717, 1.165) is 16.5 Å². The number of aromatic nitrogens is 1. The Labute approximate surface area is 161 Å². The number of hydrogen-bond donors (Lipinski definition) is 0. The molecule has 2 aromatic carbocycles. The fraction of sp³-hybridized carbons (Fsp3) is 0.130. The van der Waals surface area contributed by atoms with Gasteiger partial charge in [-0.25, -0.2) is 13.8 Å². The van der Waals surface area contributed by atoms with E-state index in [9.17, 15) is 9.18 Å². The molecule has 4 aromatic rings. The lowest BCUT2D eigenvalue weighted by atomic mass is 10.1. The van der Waals surface area contributed by atoms with Crippen LogP contribution in [0.2, 0.25) is 0 Å². The first-order chi connectivity index (χ1) is 13.6. The Morgan fingerprint density at radius 1 is 1.04 bits per heavy atom. The number of aryl methyl sites for hydroxylation is 1. The van der Waals surface area contributed by atoms with E-state index < -0.39 is 0 Å². The van der Waals surface area contributed by atoms with Crippen LogP contribution in [0.25, 0.3) is 11.0 Å². The molecule has 0 amide bonds. The molecule has 0 aliphatic rings. The van der Waals surface area contributed by atoms with Crippen molar-refractivity contribution in [1.82, 2.24) is 0 Å². The second-order valence-electron chi connectivity index (χ2n) is 6.67. The fourth-order valence-corrected chi connectivity index (χ4v) is 3.07. The minimum Gasteiger partial charge on any atom is -0.489 e. The van der Waals surface area contributed by atoms with Gasteiger partial charge >= 0.3 is 5.63 Å². The van der Waals surface area contributed by atoms with E-state index in [4.69, 9.17) is 9.15 Å². The number of fused-ring (bicyclic) bond motifs is 1. The molecule has 0 atom stereocenters. The molecule has 4 rings (SSSR count). The van der Waals surface area contributed by atoms with Gasteiger partial charge in [-0.3, -0.25) is 0 Å². The summed E-state index contributed by atoms with van der Waals surface area (Å²) in [5.74, 6) is 0.421. The van der Waals surface area contributed by atoms with Crippen LogP contribution in [0.1, 0.15) is 16.7 Å². The van der Waals surface area contributed by atoms with Crippen molar-refractivity contribution < 1.29 is 18.1 Å². The van der Waals surface area contributed by atoms with Crippen molar-refractivity contribution in [3.63, 3.8) is 0 Å². The van der Waals surface area contributed by atoms with Gasteiger partial charge in [-0.15, -0.1) is 0 Å². The van der Waals surface area contributed by atoms with Gasteiger partial charge in [-0.1, -0.05) is 12.1 Å². The minimum atomic E-state index is -0.371. The number of hydrogen-bond acceptors (Lipinski definition) is 3. The van der Waals surface area contributed by atoms with Crippen molar-refractivity contribution in [2.24, 2.45) is 0 Å². The number of rotatable bonds is 5. The lowest BCUT2D eigenvalue weighted by Gasteiger charge is -2.07. The van der Waals surface area contributed by atoms with E-state index in [-0.39, 0.29) is 11.4 Å². The Morgan fingerprint density at radius 2 is 1.82 bits per heavy atom. The molecule has 0 radical (unpaired) electrons. The molecule has 140 valence electrons. The van der Waals surface area contributed by atoms with Crippen molar-refractivity contribution in [2.45, 2.75) is 20.1 Å². The molecular weight excluding hydrogens is 357 g/mol. The van der Waals surface area contributed by atoms with Crippen LogP contribution in [0.3, 0.4) is 0 Å². The summed E-state index contributed by atoms with van der Waals surface area (Å²) in [6.07, 6.45) is 3.79. The van der Waals surface area contributed by atoms with Gasteiger partial charge in [0.1, 0.15) is 23.8 Å². The molecule has 2 aromatic heterocycles. The summed E-state index contributed by atoms with van der Waals surface area (Å²) in [5, 5.41) is 0.890. The summed E-state index contributed by atoms with van der Waals surface area (Å²) in [5.41, 5.74) is 2.64. The molecule has 0 aliphatic carbocycles. The molecule has 0 N–H and O–H groups in total. The molecule has 0 spiro atoms. The Bertz CT molecular complexity index is 1180. The molecular formula is C23H19FNO3+. The summed E-state index contributed by atoms with van der Waals surface area (Å²) in [4.78, 5) is 11.5. The van der Waals surface area contributed by atoms with Crippen LogP contribution in [-0.4, -0.2) is 0 Å². The Hall–Kier alpha value is -3.47. The number of pyridine rings is 1. The second-order valence-corrected chi connectivity index (χ2v) is 6.67. The number of benzene rings is 2. The summed E-state index contributed by atoms with van der Waals surface area (Å²) >= 11 is 0. The van der Waals surface area contributed by atoms with Gasteiger partial charge in [0.15, 0.2) is 18.9 Å². The Morgan fingerprint density at radius 3 is 2.61 bits per heavy atom. The van der Waals surface area contributed by atoms with Crippen LogP contribution in [0, 0.1) is 12.7 Å². The van der Waals surface area contributed by atoms with E-state index in [1.165, 1.54) is 12.1 Å². The van der Waals surface area contributed by atoms with Gasteiger partial charge in [0, 0.05) is 35.2 Å². The fourth-order valence-electron chi connectivity index (χ4n) is 3.07. The van der Waals surface area contributed by atoms with E-state index >= 15 is 0 Å². The summed E-state index contributed by atoms with van der Waals surface area (Å²) < 4.78 is 26.7. The Balaban J connectivity index is 1.44. The standard InChI is InChI=1S/C23H19FNO3/c1-16-12-23(26)28-22-13-19(6-7-20(16)22)27-15-17-8-10-25(11-9-17)14-18-4-2-3-5-21(18)24/h2-13H,14-15H2,1H3/q+1. The molecule has 0 fully saturated rings. The number of halogens is 1. The van der Waals surface area contributed by atoms with Crippen LogP contribution in [0.5, 0.6) is 5.75 Å². The van der Waals surface area contributed by atoms with Crippen molar-refractivity contribution >= 4 is 11.0 Å². The quantitative estimate of drug-likeness (QED) is 0.388. The monoisotopic (exact) mass is 376 g/mol. The Kier molecular flexibility index (Phi) is 4.89. The first kappa shape index (κ1) is 17.9. The average Bonchev–Trinajstić information content (AvgIpc) is 2.69. The lowest BCUT2D eigenvalue weighted by molar-refractivity contribution is -0.688. The topological polar surface area (TPSA) is 43.3 Å². The summed E-state index contributed by atoms with van der Waals surface area (Å²) in [6, 6.07) is 17.6. The largest absolute Gasteiger partial charge is 0.489 e. The summed E-state index contributed by atoms with van der Waals surface area (Å²) in [7, 11) is 0. The van der Waals surface area contributed by atoms with Gasteiger partial charge in [-0.2, -0.15) is 0 Å². The maximum absolute atomic E-state index is 13.8. The van der Waals surface area contributed by atoms with Gasteiger partial charge < -0.3 is 9.15 Å². The molecule has 2 heterocycles. The van der Waals surface area contributed by atoms with Crippen LogP contribution < -0.4 is 14.9 Å². The third-order valence-corrected chi connectivity index (χ3v) is 4.60.